The summed E-state index contributed by atoms with van der Waals surface area (Å²) in [5, 5.41) is 4.58. The third kappa shape index (κ3) is 2.79. The summed E-state index contributed by atoms with van der Waals surface area (Å²) in [7, 11) is 0. The van der Waals surface area contributed by atoms with Gasteiger partial charge in [0.15, 0.2) is 0 Å². The first-order valence-electron chi connectivity index (χ1n) is 6.88. The van der Waals surface area contributed by atoms with Crippen LogP contribution in [-0.2, 0) is 0 Å². The van der Waals surface area contributed by atoms with Crippen LogP contribution in [0.25, 0.3) is 0 Å². The molecule has 3 rings (SSSR count). The van der Waals surface area contributed by atoms with Crippen LogP contribution < -0.4 is 5.32 Å². The average Bonchev–Trinajstić information content (AvgIpc) is 3.22. The van der Waals surface area contributed by atoms with Crippen LogP contribution in [0.5, 0.6) is 0 Å². The third-order valence-corrected chi connectivity index (χ3v) is 6.67. The van der Waals surface area contributed by atoms with E-state index in [-0.39, 0.29) is 0 Å². The van der Waals surface area contributed by atoms with E-state index in [1.165, 1.54) is 30.6 Å². The lowest BCUT2D eigenvalue weighted by Gasteiger charge is -2.27. The molecule has 100 valence electrons. The first-order valence-corrected chi connectivity index (χ1v) is 8.87. The van der Waals surface area contributed by atoms with Crippen LogP contribution in [0.1, 0.15) is 43.5 Å². The lowest BCUT2D eigenvalue weighted by molar-refractivity contribution is 0.294. The molecule has 2 aliphatic rings. The van der Waals surface area contributed by atoms with Crippen LogP contribution in [-0.4, -0.2) is 6.54 Å². The van der Waals surface area contributed by atoms with Crippen LogP contribution in [0.2, 0.25) is 5.02 Å². The molecule has 0 bridgehead atoms. The molecule has 2 fully saturated rings. The van der Waals surface area contributed by atoms with E-state index in [0.29, 0.717) is 6.04 Å². The second-order valence-corrected chi connectivity index (χ2v) is 8.37. The number of thiophene rings is 1. The van der Waals surface area contributed by atoms with Crippen molar-refractivity contribution in [3.05, 3.63) is 19.8 Å². The van der Waals surface area contributed by atoms with Crippen LogP contribution >= 0.6 is 38.9 Å². The fourth-order valence-corrected chi connectivity index (χ4v) is 4.94. The third-order valence-electron chi connectivity index (χ3n) is 4.11. The molecule has 1 aromatic rings. The predicted octanol–water partition coefficient (Wildman–Crippen LogP) is 5.25. The Kier molecular flexibility index (Phi) is 4.05. The van der Waals surface area contributed by atoms with Gasteiger partial charge < -0.3 is 5.32 Å². The smallest absolute Gasteiger partial charge is 0.0887 e. The zero-order valence-corrected chi connectivity index (χ0v) is 13.7. The highest BCUT2D eigenvalue weighted by Crippen LogP contribution is 2.55. The zero-order valence-electron chi connectivity index (χ0n) is 10.6. The largest absolute Gasteiger partial charge is 0.309 e. The molecule has 1 atom stereocenters. The molecule has 2 aliphatic carbocycles. The minimum Gasteiger partial charge on any atom is -0.309 e. The lowest BCUT2D eigenvalue weighted by Crippen LogP contribution is -2.30. The monoisotopic (exact) mass is 347 g/mol. The van der Waals surface area contributed by atoms with Gasteiger partial charge in [0.05, 0.1) is 8.81 Å². The highest BCUT2D eigenvalue weighted by atomic mass is 79.9. The number of halogens is 2. The van der Waals surface area contributed by atoms with Crippen molar-refractivity contribution in [3.8, 4) is 0 Å². The molecule has 0 radical (unpaired) electrons. The first-order chi connectivity index (χ1) is 8.70. The molecule has 2 saturated carbocycles. The summed E-state index contributed by atoms with van der Waals surface area (Å²) in [4.78, 5) is 1.41. The van der Waals surface area contributed by atoms with E-state index in [9.17, 15) is 0 Å². The molecule has 1 unspecified atom stereocenters. The van der Waals surface area contributed by atoms with E-state index < -0.39 is 0 Å². The van der Waals surface area contributed by atoms with Gasteiger partial charge in [-0.25, -0.2) is 0 Å². The minimum atomic E-state index is 0.517. The van der Waals surface area contributed by atoms with E-state index in [0.717, 1.165) is 33.1 Å². The average molecular weight is 349 g/mol. The molecule has 0 aliphatic heterocycles. The summed E-state index contributed by atoms with van der Waals surface area (Å²) in [6.45, 7) is 3.24. The lowest BCUT2D eigenvalue weighted by atomic mass is 9.88. The maximum absolute atomic E-state index is 6.20. The first kappa shape index (κ1) is 13.4. The number of rotatable bonds is 6. The van der Waals surface area contributed by atoms with E-state index >= 15 is 0 Å². The van der Waals surface area contributed by atoms with Crippen LogP contribution in [0.3, 0.4) is 0 Å². The summed E-state index contributed by atoms with van der Waals surface area (Å²) in [6, 6.07) is 2.67. The Morgan fingerprint density at radius 3 is 2.39 bits per heavy atom. The van der Waals surface area contributed by atoms with E-state index in [1.54, 1.807) is 11.3 Å². The fraction of sp³-hybridized carbons (Fsp3) is 0.714. The molecule has 4 heteroatoms. The van der Waals surface area contributed by atoms with Gasteiger partial charge >= 0.3 is 0 Å². The quantitative estimate of drug-likeness (QED) is 0.740. The normalized spacial score (nSPS) is 21.6. The topological polar surface area (TPSA) is 12.0 Å². The van der Waals surface area contributed by atoms with Gasteiger partial charge in [-0.1, -0.05) is 18.5 Å². The maximum Gasteiger partial charge on any atom is 0.0887 e. The van der Waals surface area contributed by atoms with Gasteiger partial charge in [-0.05, 0) is 72.0 Å². The molecule has 1 nitrogen and oxygen atoms in total. The van der Waals surface area contributed by atoms with Crippen LogP contribution in [0.4, 0.5) is 0 Å². The van der Waals surface area contributed by atoms with Gasteiger partial charge in [-0.2, -0.15) is 0 Å². The molecule has 1 heterocycles. The van der Waals surface area contributed by atoms with Gasteiger partial charge in [-0.3, -0.25) is 0 Å². The molecule has 1 aromatic heterocycles. The molecule has 18 heavy (non-hydrogen) atoms. The van der Waals surface area contributed by atoms with Crippen molar-refractivity contribution in [2.45, 2.75) is 38.6 Å². The Morgan fingerprint density at radius 2 is 2.00 bits per heavy atom. The van der Waals surface area contributed by atoms with Gasteiger partial charge in [0, 0.05) is 10.9 Å². The number of nitrogens with one attached hydrogen (secondary N) is 1. The summed E-state index contributed by atoms with van der Waals surface area (Å²) < 4.78 is 1.08. The summed E-state index contributed by atoms with van der Waals surface area (Å²) in [5.74, 6) is 2.76. The summed E-state index contributed by atoms with van der Waals surface area (Å²) in [6.07, 6.45) is 5.74. The van der Waals surface area contributed by atoms with Crippen molar-refractivity contribution in [2.24, 2.45) is 17.8 Å². The highest BCUT2D eigenvalue weighted by molar-refractivity contribution is 9.11. The highest BCUT2D eigenvalue weighted by Gasteiger charge is 2.46. The van der Waals surface area contributed by atoms with Crippen molar-refractivity contribution in [1.82, 2.24) is 5.32 Å². The Bertz CT molecular complexity index is 394. The van der Waals surface area contributed by atoms with Crippen molar-refractivity contribution in [2.75, 3.05) is 6.54 Å². The second kappa shape index (κ2) is 5.43. The second-order valence-electron chi connectivity index (χ2n) is 5.56. The summed E-state index contributed by atoms with van der Waals surface area (Å²) >= 11 is 11.6. The van der Waals surface area contributed by atoms with Gasteiger partial charge in [-0.15, -0.1) is 11.3 Å². The molecular weight excluding hydrogens is 330 g/mol. The summed E-state index contributed by atoms with van der Waals surface area (Å²) in [5.41, 5.74) is 0. The number of hydrogen-bond donors (Lipinski definition) is 1. The van der Waals surface area contributed by atoms with Gasteiger partial charge in [0.25, 0.3) is 0 Å². The Balaban J connectivity index is 1.85. The Hall–Kier alpha value is 0.430. The van der Waals surface area contributed by atoms with E-state index in [4.69, 9.17) is 11.6 Å². The van der Waals surface area contributed by atoms with Gasteiger partial charge in [0.1, 0.15) is 0 Å². The van der Waals surface area contributed by atoms with E-state index in [2.05, 4.69) is 34.2 Å². The Morgan fingerprint density at radius 1 is 1.39 bits per heavy atom. The van der Waals surface area contributed by atoms with Crippen molar-refractivity contribution in [3.63, 3.8) is 0 Å². The predicted molar refractivity (Wildman–Crippen MR) is 82.4 cm³/mol. The molecule has 0 spiro atoms. The SMILES string of the molecule is CCNC(c1cc(Cl)c(Br)s1)C(C1CC1)C1CC1. The molecule has 0 amide bonds. The van der Waals surface area contributed by atoms with Crippen LogP contribution in [0.15, 0.2) is 9.85 Å². The van der Waals surface area contributed by atoms with Crippen molar-refractivity contribution in [1.29, 1.82) is 0 Å². The maximum atomic E-state index is 6.20. The van der Waals surface area contributed by atoms with E-state index in [1.807, 2.05) is 0 Å². The van der Waals surface area contributed by atoms with Crippen LogP contribution in [0, 0.1) is 17.8 Å². The van der Waals surface area contributed by atoms with Crippen molar-refractivity contribution >= 4 is 38.9 Å². The van der Waals surface area contributed by atoms with Crippen molar-refractivity contribution < 1.29 is 0 Å². The minimum absolute atomic E-state index is 0.517. The molecular formula is C14H19BrClNS. The zero-order chi connectivity index (χ0) is 12.7. The standard InChI is InChI=1S/C14H19BrClNS/c1-2-17-13(11-7-10(16)14(15)18-11)12(8-3-4-8)9-5-6-9/h7-9,12-13,17H,2-6H2,1H3. The number of hydrogen-bond acceptors (Lipinski definition) is 2. The Labute approximate surface area is 126 Å². The molecule has 0 saturated heterocycles. The fourth-order valence-electron chi connectivity index (χ4n) is 3.05. The molecule has 0 aromatic carbocycles. The molecule has 1 N–H and O–H groups in total. The van der Waals surface area contributed by atoms with Gasteiger partial charge in [0.2, 0.25) is 0 Å².